The van der Waals surface area contributed by atoms with Gasteiger partial charge in [-0.05, 0) is 51.8 Å². The highest BCUT2D eigenvalue weighted by molar-refractivity contribution is 9.10. The molecule has 1 heterocycles. The molecule has 0 aliphatic carbocycles. The van der Waals surface area contributed by atoms with E-state index in [0.29, 0.717) is 21.6 Å². The maximum atomic E-state index is 6.24. The number of nitrogens with one attached hydrogen (secondary N) is 1. The Kier molecular flexibility index (Phi) is 4.22. The molecule has 0 saturated heterocycles. The first-order chi connectivity index (χ1) is 10.1. The Bertz CT molecular complexity index is 839. The first-order valence-electron chi connectivity index (χ1n) is 5.89. The monoisotopic (exact) mass is 401 g/mol. The van der Waals surface area contributed by atoms with E-state index in [0.717, 1.165) is 15.4 Å². The molecule has 3 rings (SSSR count). The van der Waals surface area contributed by atoms with E-state index >= 15 is 0 Å². The zero-order valence-corrected chi connectivity index (χ0v) is 14.2. The van der Waals surface area contributed by atoms with E-state index in [1.165, 1.54) is 0 Å². The molecule has 0 atom stereocenters. The van der Waals surface area contributed by atoms with E-state index in [1.807, 2.05) is 36.4 Å². The average molecular weight is 403 g/mol. The highest BCUT2D eigenvalue weighted by Crippen LogP contribution is 2.37. The second-order valence-electron chi connectivity index (χ2n) is 4.21. The van der Waals surface area contributed by atoms with Gasteiger partial charge >= 0.3 is 0 Å². The quantitative estimate of drug-likeness (QED) is 0.415. The van der Waals surface area contributed by atoms with Gasteiger partial charge in [0.15, 0.2) is 0 Å². The normalized spacial score (nSPS) is 10.9. The summed E-state index contributed by atoms with van der Waals surface area (Å²) < 4.78 is 0.727. The molecule has 21 heavy (non-hydrogen) atoms. The van der Waals surface area contributed by atoms with E-state index in [-0.39, 0.29) is 5.28 Å². The molecule has 1 N–H and O–H groups in total. The third kappa shape index (κ3) is 2.94. The number of fused-ring (bicyclic) bond motifs is 1. The highest BCUT2D eigenvalue weighted by atomic mass is 79.9. The first kappa shape index (κ1) is 14.9. The molecular weight excluding hydrogens is 396 g/mol. The summed E-state index contributed by atoms with van der Waals surface area (Å²) in [5.41, 5.74) is 1.39. The summed E-state index contributed by atoms with van der Waals surface area (Å²) in [7, 11) is 0. The van der Waals surface area contributed by atoms with Gasteiger partial charge in [0.1, 0.15) is 5.82 Å². The Morgan fingerprint density at radius 1 is 0.905 bits per heavy atom. The van der Waals surface area contributed by atoms with E-state index in [4.69, 9.17) is 34.8 Å². The lowest BCUT2D eigenvalue weighted by Crippen LogP contribution is -1.98. The lowest BCUT2D eigenvalue weighted by molar-refractivity contribution is 1.22. The lowest BCUT2D eigenvalue weighted by Gasteiger charge is -2.11. The van der Waals surface area contributed by atoms with Gasteiger partial charge in [-0.3, -0.25) is 0 Å². The van der Waals surface area contributed by atoms with Gasteiger partial charge in [0.05, 0.1) is 21.2 Å². The number of hydrogen-bond acceptors (Lipinski definition) is 3. The van der Waals surface area contributed by atoms with Crippen molar-refractivity contribution in [1.29, 1.82) is 0 Å². The summed E-state index contributed by atoms with van der Waals surface area (Å²) in [5.74, 6) is 0.575. The molecule has 0 radical (unpaired) electrons. The van der Waals surface area contributed by atoms with Gasteiger partial charge in [-0.2, -0.15) is 4.98 Å². The molecule has 7 heteroatoms. The fourth-order valence-corrected chi connectivity index (χ4v) is 2.89. The predicted molar refractivity (Wildman–Crippen MR) is 92.0 cm³/mol. The molecule has 0 amide bonds. The van der Waals surface area contributed by atoms with E-state index in [9.17, 15) is 0 Å². The van der Waals surface area contributed by atoms with Crippen molar-refractivity contribution in [3.8, 4) is 0 Å². The third-order valence-electron chi connectivity index (χ3n) is 2.86. The van der Waals surface area contributed by atoms with Gasteiger partial charge in [0.25, 0.3) is 0 Å². The zero-order valence-electron chi connectivity index (χ0n) is 10.4. The minimum absolute atomic E-state index is 0.163. The summed E-state index contributed by atoms with van der Waals surface area (Å²) >= 11 is 21.6. The predicted octanol–water partition coefficient (Wildman–Crippen LogP) is 6.10. The van der Waals surface area contributed by atoms with Crippen molar-refractivity contribution in [2.45, 2.75) is 0 Å². The number of hydrogen-bond donors (Lipinski definition) is 1. The van der Waals surface area contributed by atoms with Crippen molar-refractivity contribution in [3.63, 3.8) is 0 Å². The molecule has 0 fully saturated rings. The van der Waals surface area contributed by atoms with Gasteiger partial charge < -0.3 is 5.32 Å². The summed E-state index contributed by atoms with van der Waals surface area (Å²) in [4.78, 5) is 8.40. The maximum Gasteiger partial charge on any atom is 0.224 e. The molecule has 0 saturated carbocycles. The molecule has 2 aromatic carbocycles. The molecule has 3 nitrogen and oxygen atoms in total. The molecule has 106 valence electrons. The number of halogens is 4. The van der Waals surface area contributed by atoms with Crippen molar-refractivity contribution >= 4 is 73.1 Å². The standard InChI is InChI=1S/C14H7BrCl3N3/c15-8-5-6-10(12(17)11(8)16)19-13-7-3-1-2-4-9(7)20-14(18)21-13/h1-6H,(H,19,20,21). The molecule has 0 aliphatic heterocycles. The SMILES string of the molecule is Clc1nc(Nc2ccc(Br)c(Cl)c2Cl)c2ccccc2n1. The Labute approximate surface area is 144 Å². The Morgan fingerprint density at radius 2 is 1.67 bits per heavy atom. The molecule has 1 aromatic heterocycles. The van der Waals surface area contributed by atoms with Crippen LogP contribution in [0.5, 0.6) is 0 Å². The zero-order chi connectivity index (χ0) is 15.0. The van der Waals surface area contributed by atoms with Crippen LogP contribution in [0.3, 0.4) is 0 Å². The number of anilines is 2. The maximum absolute atomic E-state index is 6.24. The lowest BCUT2D eigenvalue weighted by atomic mass is 10.2. The minimum Gasteiger partial charge on any atom is -0.338 e. The first-order valence-corrected chi connectivity index (χ1v) is 7.82. The Balaban J connectivity index is 2.12. The minimum atomic E-state index is 0.163. The summed E-state index contributed by atoms with van der Waals surface area (Å²) in [5, 5.41) is 5.00. The molecule has 3 aromatic rings. The number of benzene rings is 2. The van der Waals surface area contributed by atoms with Crippen LogP contribution in [0.2, 0.25) is 15.3 Å². The molecular formula is C14H7BrCl3N3. The average Bonchev–Trinajstić information content (AvgIpc) is 2.47. The van der Waals surface area contributed by atoms with Crippen molar-refractivity contribution in [2.24, 2.45) is 0 Å². The molecule has 0 spiro atoms. The molecule has 0 bridgehead atoms. The number of rotatable bonds is 2. The number of para-hydroxylation sites is 1. The summed E-state index contributed by atoms with van der Waals surface area (Å²) in [6.45, 7) is 0. The second kappa shape index (κ2) is 5.97. The third-order valence-corrected chi connectivity index (χ3v) is 4.80. The van der Waals surface area contributed by atoms with E-state index < -0.39 is 0 Å². The van der Waals surface area contributed by atoms with Crippen LogP contribution < -0.4 is 5.32 Å². The Hall–Kier alpha value is -1.07. The summed E-state index contributed by atoms with van der Waals surface area (Å²) in [6, 6.07) is 11.2. The van der Waals surface area contributed by atoms with Crippen LogP contribution in [0.4, 0.5) is 11.5 Å². The topological polar surface area (TPSA) is 37.8 Å². The van der Waals surface area contributed by atoms with Gasteiger partial charge in [0, 0.05) is 9.86 Å². The van der Waals surface area contributed by atoms with E-state index in [1.54, 1.807) is 0 Å². The number of nitrogens with zero attached hydrogens (tertiary/aromatic N) is 2. The molecule has 0 unspecified atom stereocenters. The smallest absolute Gasteiger partial charge is 0.224 e. The van der Waals surface area contributed by atoms with Crippen LogP contribution >= 0.6 is 50.7 Å². The second-order valence-corrected chi connectivity index (χ2v) is 6.15. The van der Waals surface area contributed by atoms with E-state index in [2.05, 4.69) is 31.2 Å². The van der Waals surface area contributed by atoms with Gasteiger partial charge in [0.2, 0.25) is 5.28 Å². The fraction of sp³-hybridized carbons (Fsp3) is 0. The van der Waals surface area contributed by atoms with Crippen LogP contribution in [0.25, 0.3) is 10.9 Å². The van der Waals surface area contributed by atoms with Crippen molar-refractivity contribution in [2.75, 3.05) is 5.32 Å². The van der Waals surface area contributed by atoms with Crippen LogP contribution in [0, 0.1) is 0 Å². The van der Waals surface area contributed by atoms with Crippen LogP contribution in [0.1, 0.15) is 0 Å². The largest absolute Gasteiger partial charge is 0.338 e. The van der Waals surface area contributed by atoms with Crippen LogP contribution in [-0.4, -0.2) is 9.97 Å². The van der Waals surface area contributed by atoms with Gasteiger partial charge in [-0.25, -0.2) is 4.98 Å². The van der Waals surface area contributed by atoms with Crippen molar-refractivity contribution in [1.82, 2.24) is 9.97 Å². The van der Waals surface area contributed by atoms with Gasteiger partial charge in [-0.15, -0.1) is 0 Å². The van der Waals surface area contributed by atoms with Crippen molar-refractivity contribution < 1.29 is 0 Å². The van der Waals surface area contributed by atoms with Crippen molar-refractivity contribution in [3.05, 3.63) is 56.2 Å². The summed E-state index contributed by atoms with van der Waals surface area (Å²) in [6.07, 6.45) is 0. The Morgan fingerprint density at radius 3 is 2.48 bits per heavy atom. The van der Waals surface area contributed by atoms with Crippen LogP contribution in [0.15, 0.2) is 40.9 Å². The molecule has 0 aliphatic rings. The van der Waals surface area contributed by atoms with Gasteiger partial charge in [-0.1, -0.05) is 35.3 Å². The number of aromatic nitrogens is 2. The fourth-order valence-electron chi connectivity index (χ4n) is 1.89. The van der Waals surface area contributed by atoms with Crippen LogP contribution in [-0.2, 0) is 0 Å². The highest BCUT2D eigenvalue weighted by Gasteiger charge is 2.12.